The number of carboxylic acids is 1. The minimum Gasteiger partial charge on any atom is -0.480 e. The van der Waals surface area contributed by atoms with Gasteiger partial charge in [-0.3, -0.25) is 14.9 Å². The van der Waals surface area contributed by atoms with Gasteiger partial charge >= 0.3 is 5.97 Å². The number of carboxylic acid groups (broad SMARTS) is 1. The molecule has 0 aliphatic rings. The number of nitrogens with one attached hydrogen (secondary N) is 1. The second-order valence-electron chi connectivity index (χ2n) is 3.91. The van der Waals surface area contributed by atoms with Crippen LogP contribution in [0.25, 0.3) is 0 Å². The van der Waals surface area contributed by atoms with Gasteiger partial charge in [0.2, 0.25) is 0 Å². The highest BCUT2D eigenvalue weighted by atomic mass is 16.6. The molecule has 92 valence electrons. The molecule has 1 unspecified atom stereocenters. The van der Waals surface area contributed by atoms with Crippen LogP contribution in [0, 0.1) is 24.0 Å². The highest BCUT2D eigenvalue weighted by molar-refractivity contribution is 5.77. The van der Waals surface area contributed by atoms with E-state index < -0.39 is 16.9 Å². The average Bonchev–Trinajstić information content (AvgIpc) is 2.21. The third kappa shape index (κ3) is 2.93. The quantitative estimate of drug-likeness (QED) is 0.619. The fraction of sp³-hybridized carbons (Fsp3) is 0.364. The molecule has 0 spiro atoms. The summed E-state index contributed by atoms with van der Waals surface area (Å²) in [6.45, 7) is 4.90. The summed E-state index contributed by atoms with van der Waals surface area (Å²) in [6.07, 6.45) is 0. The minimum atomic E-state index is -1.01. The van der Waals surface area contributed by atoms with Crippen LogP contribution in [0.15, 0.2) is 12.1 Å². The van der Waals surface area contributed by atoms with E-state index in [4.69, 9.17) is 5.11 Å². The molecule has 6 nitrogen and oxygen atoms in total. The summed E-state index contributed by atoms with van der Waals surface area (Å²) in [5.74, 6) is -1.01. The SMILES string of the molecule is Cc1cc(C)c([N+](=O)[O-])cc1NC(C)C(=O)O. The molecule has 0 radical (unpaired) electrons. The maximum atomic E-state index is 10.8. The Morgan fingerprint density at radius 2 is 2.00 bits per heavy atom. The molecule has 1 aromatic rings. The highest BCUT2D eigenvalue weighted by Gasteiger charge is 2.16. The van der Waals surface area contributed by atoms with E-state index in [1.54, 1.807) is 19.9 Å². The first-order valence-corrected chi connectivity index (χ1v) is 5.08. The number of benzene rings is 1. The molecule has 0 aliphatic carbocycles. The van der Waals surface area contributed by atoms with E-state index in [1.165, 1.54) is 13.0 Å². The third-order valence-electron chi connectivity index (χ3n) is 2.48. The van der Waals surface area contributed by atoms with Crippen molar-refractivity contribution in [2.24, 2.45) is 0 Å². The number of aliphatic carboxylic acids is 1. The number of hydrogen-bond donors (Lipinski definition) is 2. The lowest BCUT2D eigenvalue weighted by molar-refractivity contribution is -0.385. The van der Waals surface area contributed by atoms with Gasteiger partial charge in [0, 0.05) is 17.3 Å². The van der Waals surface area contributed by atoms with E-state index in [2.05, 4.69) is 5.32 Å². The van der Waals surface area contributed by atoms with Crippen molar-refractivity contribution in [1.82, 2.24) is 0 Å². The number of nitro groups is 1. The van der Waals surface area contributed by atoms with Crippen LogP contribution in [-0.2, 0) is 4.79 Å². The molecule has 0 saturated carbocycles. The lowest BCUT2D eigenvalue weighted by Crippen LogP contribution is -2.25. The van der Waals surface area contributed by atoms with Gasteiger partial charge in [0.25, 0.3) is 5.69 Å². The fourth-order valence-corrected chi connectivity index (χ4v) is 1.49. The van der Waals surface area contributed by atoms with Gasteiger partial charge in [0.1, 0.15) is 6.04 Å². The van der Waals surface area contributed by atoms with Crippen LogP contribution in [0.3, 0.4) is 0 Å². The van der Waals surface area contributed by atoms with E-state index in [0.717, 1.165) is 5.56 Å². The van der Waals surface area contributed by atoms with E-state index in [9.17, 15) is 14.9 Å². The van der Waals surface area contributed by atoms with Crippen LogP contribution in [0.4, 0.5) is 11.4 Å². The van der Waals surface area contributed by atoms with Crippen LogP contribution < -0.4 is 5.32 Å². The number of carbonyl (C=O) groups is 1. The Kier molecular flexibility index (Phi) is 3.67. The van der Waals surface area contributed by atoms with Crippen molar-refractivity contribution in [2.75, 3.05) is 5.32 Å². The van der Waals surface area contributed by atoms with Crippen LogP contribution in [0.2, 0.25) is 0 Å². The molecule has 1 atom stereocenters. The summed E-state index contributed by atoms with van der Waals surface area (Å²) in [4.78, 5) is 21.0. The van der Waals surface area contributed by atoms with Crippen LogP contribution >= 0.6 is 0 Å². The summed E-state index contributed by atoms with van der Waals surface area (Å²) >= 11 is 0. The van der Waals surface area contributed by atoms with Gasteiger partial charge in [-0.1, -0.05) is 0 Å². The van der Waals surface area contributed by atoms with Crippen molar-refractivity contribution in [2.45, 2.75) is 26.8 Å². The molecular formula is C11H14N2O4. The van der Waals surface area contributed by atoms with Gasteiger partial charge in [0.05, 0.1) is 4.92 Å². The zero-order valence-corrected chi connectivity index (χ0v) is 9.85. The molecule has 0 saturated heterocycles. The number of rotatable bonds is 4. The molecule has 0 aliphatic heterocycles. The number of aryl methyl sites for hydroxylation is 2. The van der Waals surface area contributed by atoms with E-state index >= 15 is 0 Å². The van der Waals surface area contributed by atoms with Gasteiger partial charge in [-0.05, 0) is 32.4 Å². The summed E-state index contributed by atoms with van der Waals surface area (Å²) in [6, 6.07) is 2.23. The molecule has 0 bridgehead atoms. The normalized spacial score (nSPS) is 11.9. The Hall–Kier alpha value is -2.11. The topological polar surface area (TPSA) is 92.5 Å². The second kappa shape index (κ2) is 4.82. The summed E-state index contributed by atoms with van der Waals surface area (Å²) in [5.41, 5.74) is 1.79. The van der Waals surface area contributed by atoms with Crippen molar-refractivity contribution in [3.05, 3.63) is 33.4 Å². The molecule has 1 rings (SSSR count). The standard InChI is InChI=1S/C11H14N2O4/c1-6-4-7(2)10(13(16)17)5-9(6)12-8(3)11(14)15/h4-5,8,12H,1-3H3,(H,14,15). The van der Waals surface area contributed by atoms with E-state index in [0.29, 0.717) is 11.3 Å². The largest absolute Gasteiger partial charge is 0.480 e. The molecule has 0 aromatic heterocycles. The molecule has 0 fully saturated rings. The number of nitrogens with zero attached hydrogens (tertiary/aromatic N) is 1. The zero-order chi connectivity index (χ0) is 13.2. The molecular weight excluding hydrogens is 224 g/mol. The van der Waals surface area contributed by atoms with Gasteiger partial charge in [-0.2, -0.15) is 0 Å². The number of hydrogen-bond acceptors (Lipinski definition) is 4. The Morgan fingerprint density at radius 1 is 1.41 bits per heavy atom. The minimum absolute atomic E-state index is 0.0179. The van der Waals surface area contributed by atoms with Crippen LogP contribution in [0.5, 0.6) is 0 Å². The highest BCUT2D eigenvalue weighted by Crippen LogP contribution is 2.26. The second-order valence-corrected chi connectivity index (χ2v) is 3.91. The van der Waals surface area contributed by atoms with Crippen molar-refractivity contribution in [3.8, 4) is 0 Å². The van der Waals surface area contributed by atoms with Gasteiger partial charge in [-0.15, -0.1) is 0 Å². The summed E-state index contributed by atoms with van der Waals surface area (Å²) in [5, 5.41) is 22.3. The maximum absolute atomic E-state index is 10.8. The first-order chi connectivity index (χ1) is 7.82. The average molecular weight is 238 g/mol. The molecule has 1 aromatic carbocycles. The zero-order valence-electron chi connectivity index (χ0n) is 9.85. The number of nitro benzene ring substituents is 1. The molecule has 6 heteroatoms. The van der Waals surface area contributed by atoms with Crippen LogP contribution in [0.1, 0.15) is 18.1 Å². The smallest absolute Gasteiger partial charge is 0.325 e. The Bertz CT molecular complexity index is 471. The van der Waals surface area contributed by atoms with Crippen molar-refractivity contribution in [3.63, 3.8) is 0 Å². The fourth-order valence-electron chi connectivity index (χ4n) is 1.49. The predicted octanol–water partition coefficient (Wildman–Crippen LogP) is 2.10. The number of anilines is 1. The monoisotopic (exact) mass is 238 g/mol. The lowest BCUT2D eigenvalue weighted by Gasteiger charge is -2.13. The van der Waals surface area contributed by atoms with Gasteiger partial charge in [-0.25, -0.2) is 0 Å². The molecule has 2 N–H and O–H groups in total. The Balaban J connectivity index is 3.12. The van der Waals surface area contributed by atoms with Crippen molar-refractivity contribution >= 4 is 17.3 Å². The Labute approximate surface area is 98.4 Å². The first kappa shape index (κ1) is 13.0. The van der Waals surface area contributed by atoms with Crippen molar-refractivity contribution in [1.29, 1.82) is 0 Å². The third-order valence-corrected chi connectivity index (χ3v) is 2.48. The first-order valence-electron chi connectivity index (χ1n) is 5.08. The molecule has 0 heterocycles. The van der Waals surface area contributed by atoms with E-state index in [1.807, 2.05) is 0 Å². The van der Waals surface area contributed by atoms with Gasteiger partial charge < -0.3 is 10.4 Å². The van der Waals surface area contributed by atoms with E-state index in [-0.39, 0.29) is 5.69 Å². The van der Waals surface area contributed by atoms with Crippen LogP contribution in [-0.4, -0.2) is 22.0 Å². The summed E-state index contributed by atoms with van der Waals surface area (Å²) < 4.78 is 0. The predicted molar refractivity (Wildman–Crippen MR) is 63.3 cm³/mol. The Morgan fingerprint density at radius 3 is 2.47 bits per heavy atom. The van der Waals surface area contributed by atoms with Crippen molar-refractivity contribution < 1.29 is 14.8 Å². The van der Waals surface area contributed by atoms with Gasteiger partial charge in [0.15, 0.2) is 0 Å². The maximum Gasteiger partial charge on any atom is 0.325 e. The molecule has 0 amide bonds. The summed E-state index contributed by atoms with van der Waals surface area (Å²) in [7, 11) is 0. The molecule has 17 heavy (non-hydrogen) atoms. The lowest BCUT2D eigenvalue weighted by atomic mass is 10.1.